The number of amides is 1. The summed E-state index contributed by atoms with van der Waals surface area (Å²) in [6, 6.07) is 16.9. The van der Waals surface area contributed by atoms with Gasteiger partial charge in [-0.05, 0) is 43.3 Å². The first kappa shape index (κ1) is 24.8. The molecule has 1 heterocycles. The van der Waals surface area contributed by atoms with Crippen LogP contribution in [0.25, 0.3) is 0 Å². The highest BCUT2D eigenvalue weighted by molar-refractivity contribution is 7.89. The average Bonchev–Trinajstić information content (AvgIpc) is 2.81. The van der Waals surface area contributed by atoms with Gasteiger partial charge in [0.15, 0.2) is 0 Å². The van der Waals surface area contributed by atoms with Gasteiger partial charge < -0.3 is 10.2 Å². The van der Waals surface area contributed by atoms with E-state index in [1.54, 1.807) is 60.7 Å². The molecule has 1 aliphatic heterocycles. The molecule has 0 aliphatic carbocycles. The molecule has 10 heteroatoms. The molecule has 0 atom stereocenters. The number of nitrogens with zero attached hydrogens (tertiary/aromatic N) is 2. The second-order valence-corrected chi connectivity index (χ2v) is 11.0. The van der Waals surface area contributed by atoms with Crippen molar-refractivity contribution in [3.8, 4) is 0 Å². The zero-order chi connectivity index (χ0) is 24.5. The van der Waals surface area contributed by atoms with E-state index in [9.17, 15) is 13.2 Å². The van der Waals surface area contributed by atoms with Crippen LogP contribution in [0.1, 0.15) is 15.9 Å². The monoisotopic (exact) mass is 537 g/mol. The van der Waals surface area contributed by atoms with Crippen LogP contribution in [0.5, 0.6) is 0 Å². The summed E-state index contributed by atoms with van der Waals surface area (Å²) < 4.78 is 27.5. The molecular formula is C24H22Cl3N3O3S. The molecule has 34 heavy (non-hydrogen) atoms. The first-order chi connectivity index (χ1) is 16.2. The lowest BCUT2D eigenvalue weighted by Crippen LogP contribution is -2.49. The van der Waals surface area contributed by atoms with Crippen molar-refractivity contribution in [2.24, 2.45) is 0 Å². The Morgan fingerprint density at radius 1 is 0.853 bits per heavy atom. The van der Waals surface area contributed by atoms with Crippen molar-refractivity contribution in [3.63, 3.8) is 0 Å². The first-order valence-corrected chi connectivity index (χ1v) is 13.1. The molecule has 1 amide bonds. The Hall–Kier alpha value is -2.29. The molecule has 3 aromatic rings. The second-order valence-electron chi connectivity index (χ2n) is 7.90. The standard InChI is InChI=1S/C24H22Cl3N3O3S/c1-16-8-10-17(11-9-16)34(32,33)30-14-12-29(13-15-30)23-20(26)6-3-7-21(23)28-24(31)18-4-2-5-19(25)22(18)27/h2-11H,12-15H2,1H3,(H,28,31). The summed E-state index contributed by atoms with van der Waals surface area (Å²) in [7, 11) is -3.59. The number of anilines is 2. The van der Waals surface area contributed by atoms with Crippen molar-refractivity contribution in [3.05, 3.63) is 86.9 Å². The van der Waals surface area contributed by atoms with Gasteiger partial charge in [0.25, 0.3) is 5.91 Å². The molecule has 0 bridgehead atoms. The average molecular weight is 539 g/mol. The molecule has 3 aromatic carbocycles. The molecule has 1 N–H and O–H groups in total. The van der Waals surface area contributed by atoms with Gasteiger partial charge in [0.05, 0.1) is 36.9 Å². The molecule has 0 unspecified atom stereocenters. The molecule has 0 spiro atoms. The molecule has 4 rings (SSSR count). The van der Waals surface area contributed by atoms with Gasteiger partial charge in [0.1, 0.15) is 0 Å². The molecule has 1 aliphatic rings. The van der Waals surface area contributed by atoms with Crippen LogP contribution in [0, 0.1) is 6.92 Å². The fourth-order valence-corrected chi connectivity index (χ4v) is 5.92. The molecule has 0 radical (unpaired) electrons. The predicted molar refractivity (Wildman–Crippen MR) is 138 cm³/mol. The molecule has 0 aromatic heterocycles. The molecule has 178 valence electrons. The minimum absolute atomic E-state index is 0.167. The van der Waals surface area contributed by atoms with E-state index in [4.69, 9.17) is 34.8 Å². The minimum Gasteiger partial charge on any atom is -0.366 e. The number of sulfonamides is 1. The number of aryl methyl sites for hydroxylation is 1. The van der Waals surface area contributed by atoms with Gasteiger partial charge in [-0.15, -0.1) is 0 Å². The van der Waals surface area contributed by atoms with Gasteiger partial charge in [-0.2, -0.15) is 4.31 Å². The highest BCUT2D eigenvalue weighted by Gasteiger charge is 2.30. The number of halogens is 3. The summed E-state index contributed by atoms with van der Waals surface area (Å²) >= 11 is 18.8. The van der Waals surface area contributed by atoms with E-state index in [0.29, 0.717) is 29.5 Å². The topological polar surface area (TPSA) is 69.7 Å². The lowest BCUT2D eigenvalue weighted by Gasteiger charge is -2.36. The SMILES string of the molecule is Cc1ccc(S(=O)(=O)N2CCN(c3c(Cl)cccc3NC(=O)c3cccc(Cl)c3Cl)CC2)cc1. The van der Waals surface area contributed by atoms with Gasteiger partial charge in [-0.1, -0.05) is 64.6 Å². The normalized spacial score (nSPS) is 14.8. The maximum absolute atomic E-state index is 13.0. The quantitative estimate of drug-likeness (QED) is 0.451. The maximum Gasteiger partial charge on any atom is 0.257 e. The van der Waals surface area contributed by atoms with Gasteiger partial charge in [-0.3, -0.25) is 4.79 Å². The summed E-state index contributed by atoms with van der Waals surface area (Å²) in [5.74, 6) is -0.420. The largest absolute Gasteiger partial charge is 0.366 e. The van der Waals surface area contributed by atoms with Crippen molar-refractivity contribution in [2.45, 2.75) is 11.8 Å². The van der Waals surface area contributed by atoms with E-state index in [0.717, 1.165) is 5.56 Å². The van der Waals surface area contributed by atoms with Gasteiger partial charge >= 0.3 is 0 Å². The number of rotatable bonds is 5. The number of hydrogen-bond acceptors (Lipinski definition) is 4. The zero-order valence-corrected chi connectivity index (χ0v) is 21.3. The van der Waals surface area contributed by atoms with E-state index >= 15 is 0 Å². The van der Waals surface area contributed by atoms with Crippen molar-refractivity contribution in [1.82, 2.24) is 4.31 Å². The summed E-state index contributed by atoms with van der Waals surface area (Å²) in [6.07, 6.45) is 0. The minimum atomic E-state index is -3.59. The third-order valence-corrected chi connectivity index (χ3v) is 8.68. The number of carbonyl (C=O) groups is 1. The van der Waals surface area contributed by atoms with E-state index in [1.807, 2.05) is 11.8 Å². The maximum atomic E-state index is 13.0. The summed E-state index contributed by atoms with van der Waals surface area (Å²) in [4.78, 5) is 15.1. The van der Waals surface area contributed by atoms with Crippen LogP contribution >= 0.6 is 34.8 Å². The number of benzene rings is 3. The first-order valence-electron chi connectivity index (χ1n) is 10.5. The van der Waals surface area contributed by atoms with E-state index in [-0.39, 0.29) is 33.6 Å². The van der Waals surface area contributed by atoms with Gasteiger partial charge in [0, 0.05) is 26.2 Å². The fourth-order valence-electron chi connectivity index (χ4n) is 3.82. The third-order valence-electron chi connectivity index (χ3n) is 5.64. The number of hydrogen-bond donors (Lipinski definition) is 1. The van der Waals surface area contributed by atoms with Crippen molar-refractivity contribution >= 4 is 62.1 Å². The summed E-state index contributed by atoms with van der Waals surface area (Å²) in [5.41, 5.74) is 2.37. The second kappa shape index (κ2) is 10.1. The Bertz CT molecular complexity index is 1320. The van der Waals surface area contributed by atoms with Crippen molar-refractivity contribution < 1.29 is 13.2 Å². The van der Waals surface area contributed by atoms with Crippen LogP contribution < -0.4 is 10.2 Å². The predicted octanol–water partition coefficient (Wildman–Crippen LogP) is 5.72. The van der Waals surface area contributed by atoms with Crippen LogP contribution in [0.4, 0.5) is 11.4 Å². The van der Waals surface area contributed by atoms with E-state index < -0.39 is 15.9 Å². The highest BCUT2D eigenvalue weighted by atomic mass is 35.5. The third kappa shape index (κ3) is 5.04. The van der Waals surface area contributed by atoms with Crippen LogP contribution in [0.2, 0.25) is 15.1 Å². The fraction of sp³-hybridized carbons (Fsp3) is 0.208. The van der Waals surface area contributed by atoms with Gasteiger partial charge in [-0.25, -0.2) is 8.42 Å². The molecule has 6 nitrogen and oxygen atoms in total. The van der Waals surface area contributed by atoms with E-state index in [1.165, 1.54) is 4.31 Å². The molecular weight excluding hydrogens is 517 g/mol. The molecule has 0 saturated carbocycles. The van der Waals surface area contributed by atoms with Crippen LogP contribution in [0.15, 0.2) is 65.6 Å². The lowest BCUT2D eigenvalue weighted by molar-refractivity contribution is 0.102. The molecule has 1 fully saturated rings. The summed E-state index contributed by atoms with van der Waals surface area (Å²) in [6.45, 7) is 3.31. The Balaban J connectivity index is 1.53. The number of carbonyl (C=O) groups excluding carboxylic acids is 1. The Kier molecular flexibility index (Phi) is 7.40. The number of nitrogens with one attached hydrogen (secondary N) is 1. The summed E-state index contributed by atoms with van der Waals surface area (Å²) in [5, 5.41) is 3.77. The zero-order valence-electron chi connectivity index (χ0n) is 18.3. The van der Waals surface area contributed by atoms with Crippen LogP contribution in [0.3, 0.4) is 0 Å². The van der Waals surface area contributed by atoms with Crippen molar-refractivity contribution in [1.29, 1.82) is 0 Å². The molecule has 1 saturated heterocycles. The Morgan fingerprint density at radius 3 is 2.15 bits per heavy atom. The number of para-hydroxylation sites is 1. The smallest absolute Gasteiger partial charge is 0.257 e. The highest BCUT2D eigenvalue weighted by Crippen LogP contribution is 2.36. The Labute approximate surface area is 214 Å². The number of piperazine rings is 1. The van der Waals surface area contributed by atoms with Crippen LogP contribution in [-0.2, 0) is 10.0 Å². The van der Waals surface area contributed by atoms with Crippen molar-refractivity contribution in [2.75, 3.05) is 36.4 Å². The van der Waals surface area contributed by atoms with Crippen LogP contribution in [-0.4, -0.2) is 44.8 Å². The Morgan fingerprint density at radius 2 is 1.47 bits per heavy atom. The lowest BCUT2D eigenvalue weighted by atomic mass is 10.1. The van der Waals surface area contributed by atoms with E-state index in [2.05, 4.69) is 5.32 Å². The van der Waals surface area contributed by atoms with Gasteiger partial charge in [0.2, 0.25) is 10.0 Å².